The second kappa shape index (κ2) is 8.62. The number of nitrogens with one attached hydrogen (secondary N) is 1. The maximum absolute atomic E-state index is 12.2. The van der Waals surface area contributed by atoms with Crippen LogP contribution in [0, 0.1) is 0 Å². The number of carbonyl (C=O) groups is 1. The number of amides is 1. The Bertz CT molecular complexity index is 886. The van der Waals surface area contributed by atoms with Gasteiger partial charge in [-0.3, -0.25) is 9.10 Å². The van der Waals surface area contributed by atoms with Crippen LogP contribution in [0.25, 0.3) is 0 Å². The zero-order chi connectivity index (χ0) is 19.3. The summed E-state index contributed by atoms with van der Waals surface area (Å²) in [6.07, 6.45) is 1.00. The van der Waals surface area contributed by atoms with Crippen LogP contribution in [0.3, 0.4) is 0 Å². The first-order valence-corrected chi connectivity index (χ1v) is 10.1. The van der Waals surface area contributed by atoms with Gasteiger partial charge in [0.05, 0.1) is 24.1 Å². The lowest BCUT2D eigenvalue weighted by molar-refractivity contribution is -0.119. The number of hydrogen-bond donors (Lipinski definition) is 1. The highest BCUT2D eigenvalue weighted by Crippen LogP contribution is 2.30. The third-order valence-corrected chi connectivity index (χ3v) is 5.19. The predicted molar refractivity (Wildman–Crippen MR) is 103 cm³/mol. The van der Waals surface area contributed by atoms with Gasteiger partial charge in [0.1, 0.15) is 12.3 Å². The van der Waals surface area contributed by atoms with Crippen LogP contribution in [0.15, 0.2) is 42.5 Å². The molecule has 2 rings (SSSR count). The van der Waals surface area contributed by atoms with Gasteiger partial charge in [-0.25, -0.2) is 8.42 Å². The van der Waals surface area contributed by atoms with Gasteiger partial charge in [-0.15, -0.1) is 0 Å². The molecule has 0 bridgehead atoms. The van der Waals surface area contributed by atoms with Crippen LogP contribution in [0.2, 0.25) is 10.0 Å². The van der Waals surface area contributed by atoms with Crippen molar-refractivity contribution in [3.8, 4) is 5.75 Å². The second-order valence-corrected chi connectivity index (χ2v) is 8.24. The number of anilines is 1. The fourth-order valence-electron chi connectivity index (χ4n) is 2.19. The summed E-state index contributed by atoms with van der Waals surface area (Å²) in [7, 11) is -2.16. The van der Waals surface area contributed by atoms with Crippen LogP contribution in [0.4, 0.5) is 5.69 Å². The maximum Gasteiger partial charge on any atom is 0.241 e. The van der Waals surface area contributed by atoms with Crippen LogP contribution in [-0.2, 0) is 21.4 Å². The molecule has 0 aliphatic heterocycles. The second-order valence-electron chi connectivity index (χ2n) is 5.49. The summed E-state index contributed by atoms with van der Waals surface area (Å²) >= 11 is 12.0. The van der Waals surface area contributed by atoms with E-state index in [1.807, 2.05) is 0 Å². The smallest absolute Gasteiger partial charge is 0.241 e. The number of rotatable bonds is 7. The number of hydrogen-bond acceptors (Lipinski definition) is 4. The standard InChI is InChI=1S/C17H18Cl2N2O4S/c1-25-14-6-3-12(4-7-14)10-20-17(22)11-21(26(2,23)24)16-9-13(18)5-8-15(16)19/h3-9H,10-11H2,1-2H3,(H,20,22). The lowest BCUT2D eigenvalue weighted by atomic mass is 10.2. The van der Waals surface area contributed by atoms with Gasteiger partial charge in [-0.2, -0.15) is 0 Å². The predicted octanol–water partition coefficient (Wildman–Crippen LogP) is 3.08. The number of ether oxygens (including phenoxy) is 1. The van der Waals surface area contributed by atoms with Crippen molar-refractivity contribution in [3.05, 3.63) is 58.1 Å². The van der Waals surface area contributed by atoms with Crippen molar-refractivity contribution in [1.29, 1.82) is 0 Å². The molecular formula is C17H18Cl2N2O4S. The van der Waals surface area contributed by atoms with Crippen molar-refractivity contribution in [2.45, 2.75) is 6.54 Å². The Morgan fingerprint density at radius 3 is 2.38 bits per heavy atom. The van der Waals surface area contributed by atoms with Crippen LogP contribution in [-0.4, -0.2) is 34.2 Å². The molecule has 0 unspecified atom stereocenters. The molecule has 0 aliphatic rings. The average Bonchev–Trinajstić information content (AvgIpc) is 2.59. The van der Waals surface area contributed by atoms with E-state index in [1.165, 1.54) is 18.2 Å². The highest BCUT2D eigenvalue weighted by atomic mass is 35.5. The number of nitrogens with zero attached hydrogens (tertiary/aromatic N) is 1. The molecule has 1 N–H and O–H groups in total. The molecule has 2 aromatic rings. The van der Waals surface area contributed by atoms with Crippen molar-refractivity contribution in [2.75, 3.05) is 24.2 Å². The normalized spacial score (nSPS) is 11.1. The monoisotopic (exact) mass is 416 g/mol. The summed E-state index contributed by atoms with van der Waals surface area (Å²) in [5.74, 6) is 0.237. The molecule has 0 fully saturated rings. The molecule has 6 nitrogen and oxygen atoms in total. The molecule has 140 valence electrons. The molecule has 0 spiro atoms. The number of benzene rings is 2. The van der Waals surface area contributed by atoms with E-state index in [9.17, 15) is 13.2 Å². The van der Waals surface area contributed by atoms with Gasteiger partial charge in [-0.05, 0) is 35.9 Å². The molecule has 0 atom stereocenters. The lowest BCUT2D eigenvalue weighted by Gasteiger charge is -2.23. The number of sulfonamides is 1. The Balaban J connectivity index is 2.10. The average molecular weight is 417 g/mol. The zero-order valence-electron chi connectivity index (χ0n) is 14.2. The summed E-state index contributed by atoms with van der Waals surface area (Å²) in [4.78, 5) is 12.2. The van der Waals surface area contributed by atoms with E-state index in [0.29, 0.717) is 10.8 Å². The minimum atomic E-state index is -3.73. The first-order valence-electron chi connectivity index (χ1n) is 7.53. The molecule has 1 amide bonds. The molecule has 2 aromatic carbocycles. The molecule has 0 aromatic heterocycles. The fourth-order valence-corrected chi connectivity index (χ4v) is 3.48. The SMILES string of the molecule is COc1ccc(CNC(=O)CN(c2cc(Cl)ccc2Cl)S(C)(=O)=O)cc1. The Morgan fingerprint density at radius 1 is 1.15 bits per heavy atom. The van der Waals surface area contributed by atoms with Gasteiger partial charge in [0.2, 0.25) is 15.9 Å². The summed E-state index contributed by atoms with van der Waals surface area (Å²) in [6.45, 7) is -0.154. The molecule has 26 heavy (non-hydrogen) atoms. The van der Waals surface area contributed by atoms with Crippen molar-refractivity contribution < 1.29 is 17.9 Å². The van der Waals surface area contributed by atoms with Gasteiger partial charge in [0, 0.05) is 11.6 Å². The van der Waals surface area contributed by atoms with E-state index in [0.717, 1.165) is 16.1 Å². The molecule has 0 radical (unpaired) electrons. The third-order valence-electron chi connectivity index (χ3n) is 3.51. The van der Waals surface area contributed by atoms with Gasteiger partial charge in [0.25, 0.3) is 0 Å². The summed E-state index contributed by atoms with van der Waals surface area (Å²) in [5.41, 5.74) is 1.01. The Labute approximate surface area is 162 Å². The van der Waals surface area contributed by atoms with E-state index in [2.05, 4.69) is 5.32 Å². The number of carbonyl (C=O) groups excluding carboxylic acids is 1. The molecule has 0 saturated heterocycles. The van der Waals surface area contributed by atoms with Crippen molar-refractivity contribution in [3.63, 3.8) is 0 Å². The first-order chi connectivity index (χ1) is 12.2. The van der Waals surface area contributed by atoms with Gasteiger partial charge >= 0.3 is 0 Å². The number of halogens is 2. The van der Waals surface area contributed by atoms with Crippen LogP contribution >= 0.6 is 23.2 Å². The topological polar surface area (TPSA) is 75.7 Å². The highest BCUT2D eigenvalue weighted by Gasteiger charge is 2.23. The van der Waals surface area contributed by atoms with Crippen LogP contribution in [0.1, 0.15) is 5.56 Å². The minimum Gasteiger partial charge on any atom is -0.497 e. The Hall–Kier alpha value is -1.96. The van der Waals surface area contributed by atoms with Gasteiger partial charge in [-0.1, -0.05) is 35.3 Å². The fraction of sp³-hybridized carbons (Fsp3) is 0.235. The van der Waals surface area contributed by atoms with Gasteiger partial charge < -0.3 is 10.1 Å². The molecular weight excluding hydrogens is 399 g/mol. The molecule has 9 heteroatoms. The van der Waals surface area contributed by atoms with Crippen molar-refractivity contribution >= 4 is 44.8 Å². The van der Waals surface area contributed by atoms with Gasteiger partial charge in [0.15, 0.2) is 0 Å². The largest absolute Gasteiger partial charge is 0.497 e. The quantitative estimate of drug-likeness (QED) is 0.752. The summed E-state index contributed by atoms with van der Waals surface area (Å²) < 4.78 is 30.2. The maximum atomic E-state index is 12.2. The zero-order valence-corrected chi connectivity index (χ0v) is 16.5. The van der Waals surface area contributed by atoms with E-state index < -0.39 is 22.5 Å². The minimum absolute atomic E-state index is 0.154. The molecule has 0 heterocycles. The Kier molecular flexibility index (Phi) is 6.75. The van der Waals surface area contributed by atoms with Crippen LogP contribution < -0.4 is 14.4 Å². The summed E-state index contributed by atoms with van der Waals surface area (Å²) in [6, 6.07) is 11.6. The Morgan fingerprint density at radius 2 is 1.81 bits per heavy atom. The van der Waals surface area contributed by atoms with Crippen molar-refractivity contribution in [2.24, 2.45) is 0 Å². The molecule has 0 aliphatic carbocycles. The van der Waals surface area contributed by atoms with Crippen molar-refractivity contribution in [1.82, 2.24) is 5.32 Å². The first kappa shape index (κ1) is 20.4. The highest BCUT2D eigenvalue weighted by molar-refractivity contribution is 7.92. The van der Waals surface area contributed by atoms with E-state index in [4.69, 9.17) is 27.9 Å². The lowest BCUT2D eigenvalue weighted by Crippen LogP contribution is -2.40. The summed E-state index contributed by atoms with van der Waals surface area (Å²) in [5, 5.41) is 3.18. The number of methoxy groups -OCH3 is 1. The third kappa shape index (κ3) is 5.52. The van der Waals surface area contributed by atoms with Crippen LogP contribution in [0.5, 0.6) is 5.75 Å². The molecule has 0 saturated carbocycles. The van der Waals surface area contributed by atoms with E-state index >= 15 is 0 Å². The van der Waals surface area contributed by atoms with E-state index in [1.54, 1.807) is 31.4 Å². The van der Waals surface area contributed by atoms with E-state index in [-0.39, 0.29) is 17.3 Å².